The van der Waals surface area contributed by atoms with Crippen LogP contribution < -0.4 is 10.2 Å². The van der Waals surface area contributed by atoms with E-state index in [2.05, 4.69) is 25.5 Å². The van der Waals surface area contributed by atoms with Gasteiger partial charge in [-0.15, -0.1) is 26.6 Å². The summed E-state index contributed by atoms with van der Waals surface area (Å²) in [6, 6.07) is 7.91. The lowest BCUT2D eigenvalue weighted by Gasteiger charge is -2.17. The van der Waals surface area contributed by atoms with Crippen molar-refractivity contribution in [1.82, 2.24) is 25.1 Å². The van der Waals surface area contributed by atoms with Crippen LogP contribution >= 0.6 is 11.3 Å². The monoisotopic (exact) mass is 340 g/mol. The molecule has 4 rings (SSSR count). The molecule has 1 fully saturated rings. The molecule has 1 saturated heterocycles. The number of nitrogens with zero attached hydrogens (tertiary/aromatic N) is 5. The predicted molar refractivity (Wildman–Crippen MR) is 92.9 cm³/mol. The van der Waals surface area contributed by atoms with Gasteiger partial charge < -0.3 is 10.2 Å². The number of fused-ring (bicyclic) bond motifs is 1. The SMILES string of the molecule is O=C(/C=C/c1cccs1)NC1CCN(c2ccc3nncn3n2)C1. The van der Waals surface area contributed by atoms with Crippen LogP contribution in [0.25, 0.3) is 11.7 Å². The summed E-state index contributed by atoms with van der Waals surface area (Å²) < 4.78 is 1.66. The first-order chi connectivity index (χ1) is 11.8. The van der Waals surface area contributed by atoms with E-state index >= 15 is 0 Å². The van der Waals surface area contributed by atoms with Gasteiger partial charge in [0.15, 0.2) is 5.65 Å². The third kappa shape index (κ3) is 3.13. The summed E-state index contributed by atoms with van der Waals surface area (Å²) >= 11 is 1.61. The molecule has 1 amide bonds. The number of rotatable bonds is 4. The third-order valence-electron chi connectivity index (χ3n) is 3.95. The van der Waals surface area contributed by atoms with Crippen LogP contribution in [0.2, 0.25) is 0 Å². The van der Waals surface area contributed by atoms with Crippen molar-refractivity contribution in [2.24, 2.45) is 0 Å². The first-order valence-electron chi connectivity index (χ1n) is 7.72. The summed E-state index contributed by atoms with van der Waals surface area (Å²) in [5.41, 5.74) is 0.724. The molecule has 3 aromatic rings. The zero-order valence-electron chi connectivity index (χ0n) is 12.9. The average molecular weight is 340 g/mol. The van der Waals surface area contributed by atoms with Gasteiger partial charge in [0, 0.05) is 30.1 Å². The quantitative estimate of drug-likeness (QED) is 0.730. The van der Waals surface area contributed by atoms with Gasteiger partial charge in [0.2, 0.25) is 5.91 Å². The van der Waals surface area contributed by atoms with Crippen LogP contribution in [-0.2, 0) is 4.79 Å². The highest BCUT2D eigenvalue weighted by Crippen LogP contribution is 2.18. The molecule has 24 heavy (non-hydrogen) atoms. The van der Waals surface area contributed by atoms with Gasteiger partial charge >= 0.3 is 0 Å². The molecule has 0 bridgehead atoms. The number of hydrogen-bond acceptors (Lipinski definition) is 6. The molecule has 1 aliphatic heterocycles. The van der Waals surface area contributed by atoms with E-state index in [-0.39, 0.29) is 11.9 Å². The summed E-state index contributed by atoms with van der Waals surface area (Å²) in [5, 5.41) is 17.3. The van der Waals surface area contributed by atoms with Crippen molar-refractivity contribution in [2.45, 2.75) is 12.5 Å². The molecule has 1 atom stereocenters. The Labute approximate surface area is 142 Å². The number of anilines is 1. The second-order valence-corrected chi connectivity index (χ2v) is 6.59. The second-order valence-electron chi connectivity index (χ2n) is 5.61. The zero-order chi connectivity index (χ0) is 16.4. The largest absolute Gasteiger partial charge is 0.353 e. The zero-order valence-corrected chi connectivity index (χ0v) is 13.7. The molecule has 0 saturated carbocycles. The van der Waals surface area contributed by atoms with E-state index in [4.69, 9.17) is 0 Å². The van der Waals surface area contributed by atoms with Crippen LogP contribution in [0.4, 0.5) is 5.82 Å². The van der Waals surface area contributed by atoms with Gasteiger partial charge in [0.1, 0.15) is 12.1 Å². The van der Waals surface area contributed by atoms with Crippen molar-refractivity contribution in [2.75, 3.05) is 18.0 Å². The topological polar surface area (TPSA) is 75.4 Å². The van der Waals surface area contributed by atoms with Crippen LogP contribution in [0.1, 0.15) is 11.3 Å². The van der Waals surface area contributed by atoms with Gasteiger partial charge in [-0.25, -0.2) is 0 Å². The summed E-state index contributed by atoms with van der Waals surface area (Å²) in [4.78, 5) is 15.3. The third-order valence-corrected chi connectivity index (χ3v) is 4.79. The summed E-state index contributed by atoms with van der Waals surface area (Å²) in [5.74, 6) is 0.811. The molecule has 0 aliphatic carbocycles. The first kappa shape index (κ1) is 14.8. The first-order valence-corrected chi connectivity index (χ1v) is 8.60. The maximum Gasteiger partial charge on any atom is 0.244 e. The van der Waals surface area contributed by atoms with Crippen molar-refractivity contribution >= 4 is 34.8 Å². The maximum atomic E-state index is 12.0. The molecule has 122 valence electrons. The van der Waals surface area contributed by atoms with Crippen molar-refractivity contribution in [1.29, 1.82) is 0 Å². The molecule has 0 spiro atoms. The molecular weight excluding hydrogens is 324 g/mol. The lowest BCUT2D eigenvalue weighted by atomic mass is 10.2. The normalized spacial score (nSPS) is 17.8. The van der Waals surface area contributed by atoms with Gasteiger partial charge in [-0.3, -0.25) is 4.79 Å². The Morgan fingerprint density at radius 2 is 2.33 bits per heavy atom. The van der Waals surface area contributed by atoms with E-state index in [1.165, 1.54) is 0 Å². The second kappa shape index (κ2) is 6.40. The van der Waals surface area contributed by atoms with E-state index in [1.807, 2.05) is 35.7 Å². The number of carbonyl (C=O) groups excluding carboxylic acids is 1. The molecule has 0 aromatic carbocycles. The summed E-state index contributed by atoms with van der Waals surface area (Å²) in [6.45, 7) is 1.61. The van der Waals surface area contributed by atoms with Crippen LogP contribution in [0.3, 0.4) is 0 Å². The van der Waals surface area contributed by atoms with E-state index in [0.29, 0.717) is 0 Å². The van der Waals surface area contributed by atoms with E-state index in [9.17, 15) is 4.79 Å². The van der Waals surface area contributed by atoms with E-state index in [1.54, 1.807) is 28.3 Å². The average Bonchev–Trinajstić information content (AvgIpc) is 3.33. The van der Waals surface area contributed by atoms with Gasteiger partial charge in [0.05, 0.1) is 0 Å². The van der Waals surface area contributed by atoms with E-state index in [0.717, 1.165) is 35.9 Å². The summed E-state index contributed by atoms with van der Waals surface area (Å²) in [6.07, 6.45) is 5.92. The number of hydrogen-bond donors (Lipinski definition) is 1. The fraction of sp³-hybridized carbons (Fsp3) is 0.250. The van der Waals surface area contributed by atoms with Crippen molar-refractivity contribution in [3.8, 4) is 0 Å². The molecule has 4 heterocycles. The Balaban J connectivity index is 1.36. The molecule has 1 unspecified atom stereocenters. The molecule has 0 radical (unpaired) electrons. The molecule has 8 heteroatoms. The van der Waals surface area contributed by atoms with Crippen LogP contribution in [0.15, 0.2) is 42.0 Å². The van der Waals surface area contributed by atoms with Crippen LogP contribution in [0.5, 0.6) is 0 Å². The fourth-order valence-electron chi connectivity index (χ4n) is 2.77. The number of thiophene rings is 1. The number of aromatic nitrogens is 4. The fourth-order valence-corrected chi connectivity index (χ4v) is 3.38. The maximum absolute atomic E-state index is 12.0. The Morgan fingerprint density at radius 3 is 3.21 bits per heavy atom. The molecule has 7 nitrogen and oxygen atoms in total. The highest BCUT2D eigenvalue weighted by molar-refractivity contribution is 7.10. The molecule has 1 N–H and O–H groups in total. The highest BCUT2D eigenvalue weighted by atomic mass is 32.1. The molecular formula is C16H16N6OS. The van der Waals surface area contributed by atoms with Crippen LogP contribution in [-0.4, -0.2) is 44.8 Å². The predicted octanol–water partition coefficient (Wildman–Crippen LogP) is 1.59. The van der Waals surface area contributed by atoms with Gasteiger partial charge in [0.25, 0.3) is 0 Å². The summed E-state index contributed by atoms with van der Waals surface area (Å²) in [7, 11) is 0. The Kier molecular flexibility index (Phi) is 3.96. The lowest BCUT2D eigenvalue weighted by molar-refractivity contribution is -0.117. The van der Waals surface area contributed by atoms with Crippen molar-refractivity contribution < 1.29 is 4.79 Å². The minimum Gasteiger partial charge on any atom is -0.353 e. The van der Waals surface area contributed by atoms with Crippen molar-refractivity contribution in [3.05, 3.63) is 46.9 Å². The van der Waals surface area contributed by atoms with Gasteiger partial charge in [-0.2, -0.15) is 4.52 Å². The van der Waals surface area contributed by atoms with Crippen LogP contribution in [0, 0.1) is 0 Å². The minimum atomic E-state index is -0.0579. The highest BCUT2D eigenvalue weighted by Gasteiger charge is 2.24. The van der Waals surface area contributed by atoms with Gasteiger partial charge in [-0.1, -0.05) is 6.07 Å². The van der Waals surface area contributed by atoms with Gasteiger partial charge in [-0.05, 0) is 36.1 Å². The number of amides is 1. The Morgan fingerprint density at radius 1 is 1.38 bits per heavy atom. The number of carbonyl (C=O) groups is 1. The minimum absolute atomic E-state index is 0.0579. The molecule has 1 aliphatic rings. The Bertz CT molecular complexity index is 872. The molecule has 3 aromatic heterocycles. The standard InChI is InChI=1S/C16H16N6OS/c23-16(6-3-13-2-1-9-24-13)18-12-7-8-21(10-12)15-5-4-14-19-17-11-22(14)20-15/h1-6,9,11-12H,7-8,10H2,(H,18,23)/b6-3+. The number of nitrogens with one attached hydrogen (secondary N) is 1. The lowest BCUT2D eigenvalue weighted by Crippen LogP contribution is -2.36. The Hall–Kier alpha value is -2.74. The van der Waals surface area contributed by atoms with E-state index < -0.39 is 0 Å². The van der Waals surface area contributed by atoms with Crippen molar-refractivity contribution in [3.63, 3.8) is 0 Å². The smallest absolute Gasteiger partial charge is 0.244 e.